The summed E-state index contributed by atoms with van der Waals surface area (Å²) in [5.41, 5.74) is 2.49. The zero-order valence-corrected chi connectivity index (χ0v) is 20.4. The second-order valence-corrected chi connectivity index (χ2v) is 5.25. The van der Waals surface area contributed by atoms with E-state index >= 15 is 0 Å². The van der Waals surface area contributed by atoms with Crippen molar-refractivity contribution in [1.82, 2.24) is 9.80 Å². The van der Waals surface area contributed by atoms with Crippen LogP contribution in [0.3, 0.4) is 0 Å². The summed E-state index contributed by atoms with van der Waals surface area (Å²) in [7, 11) is 17.4. The normalized spacial score (nSPS) is 9.17. The zero-order valence-electron chi connectivity index (χ0n) is 14.3. The maximum absolute atomic E-state index is 4.61. The average molecular weight is 729 g/mol. The van der Waals surface area contributed by atoms with Crippen molar-refractivity contribution < 1.29 is 37.5 Å². The Balaban J connectivity index is 0. The van der Waals surface area contributed by atoms with Crippen molar-refractivity contribution in [2.45, 2.75) is 13.1 Å². The molecule has 0 saturated carbocycles. The fourth-order valence-corrected chi connectivity index (χ4v) is 1.74. The summed E-state index contributed by atoms with van der Waals surface area (Å²) in [5.74, 6) is 0. The molecule has 0 heterocycles. The molecule has 0 unspecified atom stereocenters. The van der Waals surface area contributed by atoms with Crippen molar-refractivity contribution in [3.05, 3.63) is 71.8 Å². The predicted molar refractivity (Wildman–Crippen MR) is 97.0 cm³/mol. The molecule has 0 radical (unpaired) electrons. The Bertz CT molecular complexity index is 423. The molecule has 6 heteroatoms. The van der Waals surface area contributed by atoms with Crippen LogP contribution in [0.15, 0.2) is 48.5 Å². The van der Waals surface area contributed by atoms with Crippen LogP contribution in [0.4, 0.5) is 0 Å². The molecule has 2 aromatic rings. The predicted octanol–water partition coefficient (Wildman–Crippen LogP) is 4.47. The topological polar surface area (TPSA) is 6.48 Å². The van der Waals surface area contributed by atoms with Crippen molar-refractivity contribution in [3.63, 3.8) is 0 Å². The van der Waals surface area contributed by atoms with Gasteiger partial charge in [0.2, 0.25) is 0 Å². The molecule has 0 amide bonds. The standard InChI is InChI=1S/2C9H12N.2ClH.2Pt/c2*1-10(2)8-9-6-4-3-5-7-9;;;;/h2*3-6H,8H2,1-2H3;2*1H;;/q2*-1;;;2*+2/p-2. The minimum absolute atomic E-state index is 0.973. The Morgan fingerprint density at radius 3 is 1.25 bits per heavy atom. The molecule has 0 spiro atoms. The van der Waals surface area contributed by atoms with Gasteiger partial charge in [-0.05, 0) is 28.2 Å². The van der Waals surface area contributed by atoms with E-state index in [2.05, 4.69) is 81.1 Å². The molecule has 0 aliphatic carbocycles. The van der Waals surface area contributed by atoms with Crippen molar-refractivity contribution >= 4 is 18.8 Å². The molecule has 0 aromatic heterocycles. The van der Waals surface area contributed by atoms with Crippen LogP contribution in [0.1, 0.15) is 11.1 Å². The van der Waals surface area contributed by atoms with Crippen LogP contribution in [-0.4, -0.2) is 38.0 Å². The number of hydrogen-bond acceptors (Lipinski definition) is 2. The Morgan fingerprint density at radius 1 is 0.708 bits per heavy atom. The first-order valence-corrected chi connectivity index (χ1v) is 12.7. The van der Waals surface area contributed by atoms with E-state index in [9.17, 15) is 0 Å². The van der Waals surface area contributed by atoms with Gasteiger partial charge in [0.05, 0.1) is 0 Å². The molecule has 0 aliphatic rings. The fourth-order valence-electron chi connectivity index (χ4n) is 1.74. The summed E-state index contributed by atoms with van der Waals surface area (Å²) in [6.07, 6.45) is 0. The monoisotopic (exact) mass is 728 g/mol. The molecule has 0 aliphatic heterocycles. The number of hydrogen-bond donors (Lipinski definition) is 0. The third-order valence-electron chi connectivity index (χ3n) is 2.52. The van der Waals surface area contributed by atoms with Gasteiger partial charge in [0.1, 0.15) is 0 Å². The number of nitrogens with zero attached hydrogens (tertiary/aromatic N) is 2. The van der Waals surface area contributed by atoms with E-state index < -0.39 is 0 Å². The van der Waals surface area contributed by atoms with Gasteiger partial charge in [0.15, 0.2) is 0 Å². The zero-order chi connectivity index (χ0) is 18.8. The molecule has 2 rings (SSSR count). The van der Waals surface area contributed by atoms with Gasteiger partial charge in [0.25, 0.3) is 0 Å². The summed E-state index contributed by atoms with van der Waals surface area (Å²) in [5, 5.41) is 0. The van der Waals surface area contributed by atoms with Crippen LogP contribution in [-0.2, 0) is 50.6 Å². The molecule has 2 nitrogen and oxygen atoms in total. The molecule has 0 N–H and O–H groups in total. The van der Waals surface area contributed by atoms with Gasteiger partial charge in [-0.25, -0.2) is 0 Å². The first-order chi connectivity index (χ1) is 11.6. The van der Waals surface area contributed by atoms with Gasteiger partial charge in [0, 0.05) is 13.1 Å². The summed E-state index contributed by atoms with van der Waals surface area (Å²) in [6, 6.07) is 22.4. The second kappa shape index (κ2) is 19.6. The first kappa shape index (κ1) is 26.5. The number of rotatable bonds is 4. The Morgan fingerprint density at radius 2 is 1.04 bits per heavy atom. The van der Waals surface area contributed by atoms with E-state index in [1.807, 2.05) is 36.4 Å². The van der Waals surface area contributed by atoms with Gasteiger partial charge in [-0.3, -0.25) is 0 Å². The van der Waals surface area contributed by atoms with Crippen LogP contribution >= 0.6 is 18.8 Å². The summed E-state index contributed by atoms with van der Waals surface area (Å²) >= 11 is 3.22. The van der Waals surface area contributed by atoms with E-state index in [4.69, 9.17) is 0 Å². The molecule has 140 valence electrons. The summed E-state index contributed by atoms with van der Waals surface area (Å²) in [6.45, 7) is 1.95. The average Bonchev–Trinajstić information content (AvgIpc) is 2.60. The van der Waals surface area contributed by atoms with Crippen LogP contribution in [0.25, 0.3) is 0 Å². The van der Waals surface area contributed by atoms with Crippen molar-refractivity contribution in [2.75, 3.05) is 28.2 Å². The quantitative estimate of drug-likeness (QED) is 0.430. The van der Waals surface area contributed by atoms with Crippen LogP contribution in [0.5, 0.6) is 0 Å². The molecule has 0 bridgehead atoms. The second-order valence-electron chi connectivity index (χ2n) is 5.25. The molecular formula is C18H24Cl2N2Pt2. The van der Waals surface area contributed by atoms with E-state index in [0.717, 1.165) is 13.1 Å². The van der Waals surface area contributed by atoms with E-state index in [-0.39, 0.29) is 0 Å². The van der Waals surface area contributed by atoms with Crippen LogP contribution in [0, 0.1) is 12.1 Å². The fraction of sp³-hybridized carbons (Fsp3) is 0.333. The Labute approximate surface area is 178 Å². The van der Waals surface area contributed by atoms with Crippen molar-refractivity contribution in [1.29, 1.82) is 0 Å². The van der Waals surface area contributed by atoms with E-state index in [0.29, 0.717) is 0 Å². The van der Waals surface area contributed by atoms with Gasteiger partial charge in [-0.1, -0.05) is 0 Å². The Hall–Kier alpha value is 0.317. The minimum atomic E-state index is 0.973. The van der Waals surface area contributed by atoms with E-state index in [1.54, 1.807) is 37.5 Å². The van der Waals surface area contributed by atoms with Crippen molar-refractivity contribution in [2.24, 2.45) is 0 Å². The third-order valence-corrected chi connectivity index (χ3v) is 2.52. The first-order valence-electron chi connectivity index (χ1n) is 7.02. The summed E-state index contributed by atoms with van der Waals surface area (Å²) < 4.78 is 0. The summed E-state index contributed by atoms with van der Waals surface area (Å²) in [4.78, 5) is 4.26. The Kier molecular flexibility index (Phi) is 21.7. The molecule has 0 saturated heterocycles. The maximum atomic E-state index is 4.61. The van der Waals surface area contributed by atoms with E-state index in [1.165, 1.54) is 11.1 Å². The van der Waals surface area contributed by atoms with Gasteiger partial charge in [-0.2, -0.15) is 60.7 Å². The van der Waals surface area contributed by atoms with Gasteiger partial charge in [-0.15, -0.1) is 11.1 Å². The number of benzene rings is 2. The molecule has 24 heavy (non-hydrogen) atoms. The molecule has 0 atom stereocenters. The molecular weight excluding hydrogens is 705 g/mol. The van der Waals surface area contributed by atoms with Gasteiger partial charge < -0.3 is 9.80 Å². The number of halogens is 2. The third kappa shape index (κ3) is 17.1. The molecule has 2 aromatic carbocycles. The van der Waals surface area contributed by atoms with Crippen molar-refractivity contribution in [3.8, 4) is 0 Å². The van der Waals surface area contributed by atoms with Crippen LogP contribution < -0.4 is 0 Å². The van der Waals surface area contributed by atoms with Gasteiger partial charge >= 0.3 is 56.4 Å². The SMILES string of the molecule is CN(C)Cc1[c-]cccc1.CN(C)Cc1[c-]cccc1.[Cl][Pt+].[Cl][Pt+]. The van der Waals surface area contributed by atoms with Crippen LogP contribution in [0.2, 0.25) is 0 Å². The molecule has 0 fully saturated rings.